The number of para-hydroxylation sites is 1. The Morgan fingerprint density at radius 1 is 1.35 bits per heavy atom. The van der Waals surface area contributed by atoms with E-state index in [4.69, 9.17) is 0 Å². The Morgan fingerprint density at radius 3 is 2.75 bits per heavy atom. The molecule has 1 aromatic carbocycles. The first-order valence-corrected chi connectivity index (χ1v) is 7.86. The number of rotatable bonds is 6. The van der Waals surface area contributed by atoms with Gasteiger partial charge in [0.15, 0.2) is 0 Å². The lowest BCUT2D eigenvalue weighted by molar-refractivity contribution is 0.135. The first kappa shape index (κ1) is 13.9. The van der Waals surface area contributed by atoms with Crippen molar-refractivity contribution < 1.29 is 5.11 Å². The zero-order chi connectivity index (χ0) is 14.2. The van der Waals surface area contributed by atoms with E-state index >= 15 is 0 Å². The van der Waals surface area contributed by atoms with E-state index in [2.05, 4.69) is 48.3 Å². The monoisotopic (exact) mass is 274 g/mol. The molecule has 0 radical (unpaired) electrons. The van der Waals surface area contributed by atoms with Crippen LogP contribution in [0.3, 0.4) is 0 Å². The highest BCUT2D eigenvalue weighted by Gasteiger charge is 2.46. The van der Waals surface area contributed by atoms with E-state index < -0.39 is 0 Å². The van der Waals surface area contributed by atoms with Crippen LogP contribution in [0.25, 0.3) is 0 Å². The number of anilines is 1. The molecule has 1 aliphatic carbocycles. The largest absolute Gasteiger partial charge is 0.394 e. The summed E-state index contributed by atoms with van der Waals surface area (Å²) in [7, 11) is 0. The molecule has 1 unspecified atom stereocenters. The van der Waals surface area contributed by atoms with Gasteiger partial charge in [0.25, 0.3) is 0 Å². The summed E-state index contributed by atoms with van der Waals surface area (Å²) >= 11 is 0. The summed E-state index contributed by atoms with van der Waals surface area (Å²) in [4.78, 5) is 2.46. The predicted molar refractivity (Wildman–Crippen MR) is 83.2 cm³/mol. The molecule has 1 aliphatic heterocycles. The number of aliphatic hydroxyl groups excluding tert-OH is 1. The third-order valence-corrected chi connectivity index (χ3v) is 4.67. The summed E-state index contributed by atoms with van der Waals surface area (Å²) in [6.45, 7) is 6.57. The number of fused-ring (bicyclic) bond motifs is 1. The van der Waals surface area contributed by atoms with Crippen molar-refractivity contribution in [3.63, 3.8) is 0 Å². The van der Waals surface area contributed by atoms with Crippen LogP contribution >= 0.6 is 0 Å². The van der Waals surface area contributed by atoms with E-state index in [1.807, 2.05) is 0 Å². The number of aliphatic hydroxyl groups is 1. The summed E-state index contributed by atoms with van der Waals surface area (Å²) < 4.78 is 0. The van der Waals surface area contributed by atoms with Crippen molar-refractivity contribution in [2.24, 2.45) is 5.92 Å². The number of hydrogen-bond donors (Lipinski definition) is 2. The summed E-state index contributed by atoms with van der Waals surface area (Å²) in [5, 5.41) is 13.7. The van der Waals surface area contributed by atoms with Gasteiger partial charge in [-0.1, -0.05) is 32.0 Å². The van der Waals surface area contributed by atoms with Crippen molar-refractivity contribution in [2.75, 3.05) is 24.6 Å². The molecule has 3 heteroatoms. The Hall–Kier alpha value is -1.06. The molecule has 0 spiro atoms. The standard InChI is InChI=1S/C17H26N2O/c1-13(2)18-17(12-20,15-7-8-15)11-19-10-9-14-5-3-4-6-16(14)19/h3-6,13,15,18,20H,7-12H2,1-2H3. The van der Waals surface area contributed by atoms with Crippen LogP contribution in [-0.4, -0.2) is 36.4 Å². The predicted octanol–water partition coefficient (Wildman–Crippen LogP) is 2.19. The Morgan fingerprint density at radius 2 is 2.10 bits per heavy atom. The summed E-state index contributed by atoms with van der Waals surface area (Å²) in [6, 6.07) is 9.08. The van der Waals surface area contributed by atoms with Crippen LogP contribution in [0.5, 0.6) is 0 Å². The Balaban J connectivity index is 1.80. The molecule has 1 fully saturated rings. The van der Waals surface area contributed by atoms with E-state index in [-0.39, 0.29) is 12.1 Å². The number of nitrogens with zero attached hydrogens (tertiary/aromatic N) is 1. The molecule has 0 bridgehead atoms. The molecule has 1 heterocycles. The second-order valence-corrected chi connectivity index (χ2v) is 6.69. The van der Waals surface area contributed by atoms with Crippen LogP contribution < -0.4 is 10.2 Å². The Labute approximate surface area is 122 Å². The van der Waals surface area contributed by atoms with Crippen LogP contribution in [0.2, 0.25) is 0 Å². The van der Waals surface area contributed by atoms with E-state index in [1.54, 1.807) is 0 Å². The molecular weight excluding hydrogens is 248 g/mol. The zero-order valence-corrected chi connectivity index (χ0v) is 12.6. The van der Waals surface area contributed by atoms with Gasteiger partial charge in [0.1, 0.15) is 0 Å². The van der Waals surface area contributed by atoms with Gasteiger partial charge in [-0.25, -0.2) is 0 Å². The Bertz CT molecular complexity index is 470. The number of benzene rings is 1. The lowest BCUT2D eigenvalue weighted by Crippen LogP contribution is -2.60. The molecule has 3 nitrogen and oxygen atoms in total. The molecule has 2 N–H and O–H groups in total. The van der Waals surface area contributed by atoms with Gasteiger partial charge in [-0.15, -0.1) is 0 Å². The third-order valence-electron chi connectivity index (χ3n) is 4.67. The van der Waals surface area contributed by atoms with Gasteiger partial charge in [-0.3, -0.25) is 0 Å². The SMILES string of the molecule is CC(C)NC(CO)(CN1CCc2ccccc21)C1CC1. The quantitative estimate of drug-likeness (QED) is 0.834. The van der Waals surface area contributed by atoms with Crippen LogP contribution in [0, 0.1) is 5.92 Å². The fourth-order valence-electron chi connectivity index (χ4n) is 3.64. The lowest BCUT2D eigenvalue weighted by Gasteiger charge is -2.39. The summed E-state index contributed by atoms with van der Waals surface area (Å²) in [5.74, 6) is 0.627. The minimum Gasteiger partial charge on any atom is -0.394 e. The number of nitrogens with one attached hydrogen (secondary N) is 1. The average Bonchev–Trinajstić information content (AvgIpc) is 3.22. The van der Waals surface area contributed by atoms with E-state index in [9.17, 15) is 5.11 Å². The minimum absolute atomic E-state index is 0.133. The molecule has 110 valence electrons. The fourth-order valence-corrected chi connectivity index (χ4v) is 3.64. The molecular formula is C17H26N2O. The van der Waals surface area contributed by atoms with Crippen LogP contribution in [0.1, 0.15) is 32.3 Å². The van der Waals surface area contributed by atoms with Crippen LogP contribution in [0.15, 0.2) is 24.3 Å². The second kappa shape index (κ2) is 5.38. The molecule has 2 aliphatic rings. The molecule has 1 aromatic rings. The highest BCUT2D eigenvalue weighted by atomic mass is 16.3. The maximum atomic E-state index is 10.1. The van der Waals surface area contributed by atoms with Crippen molar-refractivity contribution >= 4 is 5.69 Å². The van der Waals surface area contributed by atoms with Crippen molar-refractivity contribution in [1.82, 2.24) is 5.32 Å². The fraction of sp³-hybridized carbons (Fsp3) is 0.647. The van der Waals surface area contributed by atoms with Crippen LogP contribution in [0.4, 0.5) is 5.69 Å². The summed E-state index contributed by atoms with van der Waals surface area (Å²) in [6.07, 6.45) is 3.62. The average molecular weight is 274 g/mol. The van der Waals surface area contributed by atoms with Gasteiger partial charge in [0, 0.05) is 24.8 Å². The maximum Gasteiger partial charge on any atom is 0.0633 e. The molecule has 1 atom stereocenters. The van der Waals surface area contributed by atoms with E-state index in [0.29, 0.717) is 12.0 Å². The molecule has 0 saturated heterocycles. The molecule has 1 saturated carbocycles. The first-order chi connectivity index (χ1) is 9.64. The second-order valence-electron chi connectivity index (χ2n) is 6.69. The summed E-state index contributed by atoms with van der Waals surface area (Å²) in [5.41, 5.74) is 2.67. The molecule has 3 rings (SSSR count). The van der Waals surface area contributed by atoms with Crippen molar-refractivity contribution in [2.45, 2.75) is 44.7 Å². The lowest BCUT2D eigenvalue weighted by atomic mass is 9.92. The maximum absolute atomic E-state index is 10.1. The van der Waals surface area contributed by atoms with Crippen LogP contribution in [-0.2, 0) is 6.42 Å². The highest BCUT2D eigenvalue weighted by Crippen LogP contribution is 2.41. The Kier molecular flexibility index (Phi) is 3.74. The van der Waals surface area contributed by atoms with Gasteiger partial charge in [-0.2, -0.15) is 0 Å². The van der Waals surface area contributed by atoms with Gasteiger partial charge >= 0.3 is 0 Å². The smallest absolute Gasteiger partial charge is 0.0633 e. The van der Waals surface area contributed by atoms with Gasteiger partial charge < -0.3 is 15.3 Å². The molecule has 0 aromatic heterocycles. The zero-order valence-electron chi connectivity index (χ0n) is 12.6. The van der Waals surface area contributed by atoms with Gasteiger partial charge in [0.05, 0.1) is 12.1 Å². The minimum atomic E-state index is -0.133. The van der Waals surface area contributed by atoms with E-state index in [1.165, 1.54) is 24.1 Å². The van der Waals surface area contributed by atoms with Gasteiger partial charge in [-0.05, 0) is 36.8 Å². The van der Waals surface area contributed by atoms with Crippen molar-refractivity contribution in [3.8, 4) is 0 Å². The third kappa shape index (κ3) is 2.57. The van der Waals surface area contributed by atoms with Gasteiger partial charge in [0.2, 0.25) is 0 Å². The normalized spacial score (nSPS) is 21.1. The molecule has 0 amide bonds. The number of hydrogen-bond acceptors (Lipinski definition) is 3. The topological polar surface area (TPSA) is 35.5 Å². The highest BCUT2D eigenvalue weighted by molar-refractivity contribution is 5.58. The first-order valence-electron chi connectivity index (χ1n) is 7.86. The van der Waals surface area contributed by atoms with Crippen molar-refractivity contribution in [3.05, 3.63) is 29.8 Å². The van der Waals surface area contributed by atoms with Crippen molar-refractivity contribution in [1.29, 1.82) is 0 Å². The molecule has 20 heavy (non-hydrogen) atoms. The van der Waals surface area contributed by atoms with E-state index in [0.717, 1.165) is 19.5 Å².